The molecule has 1 amide bonds. The highest BCUT2D eigenvalue weighted by molar-refractivity contribution is 8.93. The van der Waals surface area contributed by atoms with Gasteiger partial charge in [0, 0.05) is 73.5 Å². The molecule has 2 aromatic carbocycles. The van der Waals surface area contributed by atoms with Gasteiger partial charge in [0.05, 0.1) is 0 Å². The highest BCUT2D eigenvalue weighted by Gasteiger charge is 2.32. The summed E-state index contributed by atoms with van der Waals surface area (Å²) in [6.07, 6.45) is 3.64. The molecule has 10 heteroatoms. The van der Waals surface area contributed by atoms with Gasteiger partial charge in [0.15, 0.2) is 0 Å². The SMILES string of the molecule is Br.Br.Cc1c(-c2ccc3c(=O)n(CC(C)(C)CO)cc(CN4CCNC[C@H]4C)c3c2)cc(C(N)=O)c(C2CC2)c1F. The van der Waals surface area contributed by atoms with Crippen LogP contribution < -0.4 is 16.6 Å². The Kier molecular flexibility index (Phi) is 10.6. The van der Waals surface area contributed by atoms with Crippen molar-refractivity contribution < 1.29 is 14.3 Å². The number of fused-ring (bicyclic) bond motifs is 1. The van der Waals surface area contributed by atoms with Crippen molar-refractivity contribution in [1.82, 2.24) is 14.8 Å². The highest BCUT2D eigenvalue weighted by atomic mass is 79.9. The van der Waals surface area contributed by atoms with E-state index in [0.717, 1.165) is 49.0 Å². The van der Waals surface area contributed by atoms with Crippen LogP contribution in [0, 0.1) is 18.2 Å². The Morgan fingerprint density at radius 2 is 1.90 bits per heavy atom. The lowest BCUT2D eigenvalue weighted by Gasteiger charge is -2.34. The molecule has 2 aliphatic rings. The van der Waals surface area contributed by atoms with Crippen molar-refractivity contribution in [1.29, 1.82) is 0 Å². The normalized spacial score (nSPS) is 17.7. The number of aliphatic hydroxyl groups excluding tert-OH is 1. The molecule has 1 aliphatic heterocycles. The summed E-state index contributed by atoms with van der Waals surface area (Å²) in [5.41, 5.74) is 8.63. The number of piperazine rings is 1. The number of carbonyl (C=O) groups is 1. The maximum atomic E-state index is 15.6. The Morgan fingerprint density at radius 3 is 2.51 bits per heavy atom. The average Bonchev–Trinajstić information content (AvgIpc) is 3.74. The standard InChI is InChI=1S/C31H39FN4O3.2BrH/c1-18-13-34-9-10-35(18)14-22-15-36(16-31(3,4)17-37)30(39)23-8-7-21(11-25(22)23)24-12-26(29(33)38)27(20-5-6-20)28(32)19(24)2;;/h7-8,11-12,15,18,20,34,37H,5-6,9-10,13-14,16-17H2,1-4H3,(H2,33,38);2*1H/t18-;;/m1../s1. The fraction of sp³-hybridized carbons (Fsp3) is 0.484. The van der Waals surface area contributed by atoms with Crippen LogP contribution in [-0.2, 0) is 13.1 Å². The van der Waals surface area contributed by atoms with Crippen molar-refractivity contribution in [2.45, 2.75) is 65.6 Å². The number of hydrogen-bond donors (Lipinski definition) is 3. The molecule has 0 radical (unpaired) electrons. The number of rotatable bonds is 8. The van der Waals surface area contributed by atoms with Gasteiger partial charge in [-0.2, -0.15) is 0 Å². The first kappa shape index (κ1) is 33.4. The van der Waals surface area contributed by atoms with Crippen LogP contribution in [0.5, 0.6) is 0 Å². The van der Waals surface area contributed by atoms with Crippen molar-refractivity contribution in [3.63, 3.8) is 0 Å². The zero-order chi connectivity index (χ0) is 28.1. The number of benzene rings is 2. The third-order valence-electron chi connectivity index (χ3n) is 8.32. The van der Waals surface area contributed by atoms with E-state index < -0.39 is 11.3 Å². The number of carbonyl (C=O) groups excluding carboxylic acids is 1. The predicted molar refractivity (Wildman–Crippen MR) is 173 cm³/mol. The van der Waals surface area contributed by atoms with E-state index in [0.29, 0.717) is 41.2 Å². The van der Waals surface area contributed by atoms with Gasteiger partial charge in [-0.3, -0.25) is 14.5 Å². The molecular weight excluding hydrogens is 655 g/mol. The molecule has 224 valence electrons. The van der Waals surface area contributed by atoms with E-state index in [9.17, 15) is 14.7 Å². The van der Waals surface area contributed by atoms with Gasteiger partial charge < -0.3 is 20.7 Å². The molecule has 0 spiro atoms. The lowest BCUT2D eigenvalue weighted by molar-refractivity contribution is 0.0999. The molecule has 1 atom stereocenters. The van der Waals surface area contributed by atoms with Crippen LogP contribution in [0.15, 0.2) is 35.3 Å². The Hall–Kier alpha value is -2.11. The van der Waals surface area contributed by atoms with Crippen molar-refractivity contribution in [2.75, 3.05) is 26.2 Å². The van der Waals surface area contributed by atoms with Crippen LogP contribution in [0.25, 0.3) is 21.9 Å². The monoisotopic (exact) mass is 694 g/mol. The van der Waals surface area contributed by atoms with E-state index in [1.807, 2.05) is 32.2 Å². The van der Waals surface area contributed by atoms with Gasteiger partial charge in [-0.1, -0.05) is 19.9 Å². The lowest BCUT2D eigenvalue weighted by atomic mass is 9.90. The van der Waals surface area contributed by atoms with Crippen LogP contribution in [0.1, 0.15) is 66.6 Å². The molecule has 1 aromatic heterocycles. The van der Waals surface area contributed by atoms with Gasteiger partial charge in [-0.25, -0.2) is 4.39 Å². The third-order valence-corrected chi connectivity index (χ3v) is 8.32. The second-order valence-corrected chi connectivity index (χ2v) is 12.2. The molecular formula is C31H41Br2FN4O3. The fourth-order valence-electron chi connectivity index (χ4n) is 5.77. The molecule has 3 aromatic rings. The molecule has 0 bridgehead atoms. The Labute approximate surface area is 261 Å². The van der Waals surface area contributed by atoms with Crippen molar-refractivity contribution in [3.8, 4) is 11.1 Å². The predicted octanol–water partition coefficient (Wildman–Crippen LogP) is 5.06. The molecule has 2 fully saturated rings. The van der Waals surface area contributed by atoms with Gasteiger partial charge in [-0.05, 0) is 78.4 Å². The minimum atomic E-state index is -0.624. The van der Waals surface area contributed by atoms with Crippen molar-refractivity contribution in [3.05, 3.63) is 68.9 Å². The number of amides is 1. The summed E-state index contributed by atoms with van der Waals surface area (Å²) < 4.78 is 17.3. The number of aliphatic hydroxyl groups is 1. The number of nitrogens with two attached hydrogens (primary N) is 1. The number of nitrogens with zero attached hydrogens (tertiary/aromatic N) is 2. The first-order valence-corrected chi connectivity index (χ1v) is 13.9. The van der Waals surface area contributed by atoms with E-state index >= 15 is 4.39 Å². The van der Waals surface area contributed by atoms with Gasteiger partial charge in [0.2, 0.25) is 5.91 Å². The minimum Gasteiger partial charge on any atom is -0.396 e. The Morgan fingerprint density at radius 1 is 1.20 bits per heavy atom. The number of hydrogen-bond acceptors (Lipinski definition) is 5. The van der Waals surface area contributed by atoms with Crippen LogP contribution in [0.3, 0.4) is 0 Å². The highest BCUT2D eigenvalue weighted by Crippen LogP contribution is 2.45. The lowest BCUT2D eigenvalue weighted by Crippen LogP contribution is -2.49. The van der Waals surface area contributed by atoms with Gasteiger partial charge >= 0.3 is 0 Å². The van der Waals surface area contributed by atoms with Crippen LogP contribution in [-0.4, -0.2) is 52.8 Å². The summed E-state index contributed by atoms with van der Waals surface area (Å²) in [6, 6.07) is 7.63. The largest absolute Gasteiger partial charge is 0.396 e. The second kappa shape index (κ2) is 13.0. The quantitative estimate of drug-likeness (QED) is 0.306. The smallest absolute Gasteiger partial charge is 0.258 e. The summed E-state index contributed by atoms with van der Waals surface area (Å²) in [5.74, 6) is -0.938. The summed E-state index contributed by atoms with van der Waals surface area (Å²) in [7, 11) is 0. The van der Waals surface area contributed by atoms with Gasteiger partial charge in [0.1, 0.15) is 5.82 Å². The van der Waals surface area contributed by atoms with E-state index in [1.54, 1.807) is 23.6 Å². The molecule has 7 nitrogen and oxygen atoms in total. The molecule has 5 rings (SSSR count). The maximum absolute atomic E-state index is 15.6. The van der Waals surface area contributed by atoms with Gasteiger partial charge in [-0.15, -0.1) is 34.0 Å². The van der Waals surface area contributed by atoms with E-state index in [-0.39, 0.29) is 63.4 Å². The van der Waals surface area contributed by atoms with Crippen LogP contribution >= 0.6 is 34.0 Å². The maximum Gasteiger partial charge on any atom is 0.258 e. The first-order chi connectivity index (χ1) is 18.5. The minimum absolute atomic E-state index is 0. The average molecular weight is 697 g/mol. The Bertz CT molecular complexity index is 1500. The molecule has 1 saturated carbocycles. The molecule has 2 heterocycles. The number of pyridine rings is 1. The van der Waals surface area contributed by atoms with E-state index in [4.69, 9.17) is 5.73 Å². The summed E-state index contributed by atoms with van der Waals surface area (Å²) in [6.45, 7) is 11.5. The number of nitrogens with one attached hydrogen (secondary N) is 1. The molecule has 41 heavy (non-hydrogen) atoms. The number of primary amides is 1. The molecule has 0 unspecified atom stereocenters. The third kappa shape index (κ3) is 6.77. The summed E-state index contributed by atoms with van der Waals surface area (Å²) in [4.78, 5) is 28.3. The Balaban J connectivity index is 0.00000231. The topological polar surface area (TPSA) is 101 Å². The zero-order valence-corrected chi connectivity index (χ0v) is 27.6. The number of halogens is 3. The summed E-state index contributed by atoms with van der Waals surface area (Å²) in [5, 5.41) is 14.7. The first-order valence-electron chi connectivity index (χ1n) is 13.9. The van der Waals surface area contributed by atoms with Crippen LogP contribution in [0.2, 0.25) is 0 Å². The zero-order valence-electron chi connectivity index (χ0n) is 24.1. The van der Waals surface area contributed by atoms with Crippen molar-refractivity contribution >= 4 is 50.6 Å². The number of aromatic nitrogens is 1. The van der Waals surface area contributed by atoms with Gasteiger partial charge in [0.25, 0.3) is 5.56 Å². The second-order valence-electron chi connectivity index (χ2n) is 12.2. The van der Waals surface area contributed by atoms with E-state index in [1.165, 1.54) is 0 Å². The fourth-order valence-corrected chi connectivity index (χ4v) is 5.77. The molecule has 4 N–H and O–H groups in total. The summed E-state index contributed by atoms with van der Waals surface area (Å²) >= 11 is 0. The molecule has 1 saturated heterocycles. The van der Waals surface area contributed by atoms with E-state index in [2.05, 4.69) is 17.1 Å². The molecule has 1 aliphatic carbocycles. The van der Waals surface area contributed by atoms with Crippen LogP contribution in [0.4, 0.5) is 4.39 Å². The van der Waals surface area contributed by atoms with Crippen molar-refractivity contribution in [2.24, 2.45) is 11.1 Å².